The number of unbranched alkanes of at least 4 members (excludes halogenated alkanes) is 2. The summed E-state index contributed by atoms with van der Waals surface area (Å²) in [5, 5.41) is 0. The second kappa shape index (κ2) is 7.50. The lowest BCUT2D eigenvalue weighted by atomic mass is 10.1. The first-order valence-electron chi connectivity index (χ1n) is 7.20. The average Bonchev–Trinajstić information content (AvgIpc) is 2.41. The molecule has 0 N–H and O–H groups in total. The molecule has 1 heteroatoms. The van der Waals surface area contributed by atoms with Gasteiger partial charge in [-0.1, -0.05) is 44.9 Å². The zero-order valence-corrected chi connectivity index (χ0v) is 11.8. The molecule has 0 unspecified atom stereocenters. The summed E-state index contributed by atoms with van der Waals surface area (Å²) in [6, 6.07) is 11.1. The van der Waals surface area contributed by atoms with Crippen molar-refractivity contribution in [2.24, 2.45) is 0 Å². The number of benzene rings is 1. The van der Waals surface area contributed by atoms with Crippen LogP contribution in [0, 0.1) is 0 Å². The number of hydrogen-bond donors (Lipinski definition) is 0. The predicted octanol–water partition coefficient (Wildman–Crippen LogP) is 4.61. The van der Waals surface area contributed by atoms with Crippen LogP contribution in [-0.4, -0.2) is 19.6 Å². The van der Waals surface area contributed by atoms with Crippen LogP contribution in [0.1, 0.15) is 46.5 Å². The Morgan fingerprint density at radius 3 is 1.76 bits per heavy atom. The minimum absolute atomic E-state index is 1.17. The third kappa shape index (κ3) is 3.85. The van der Waals surface area contributed by atoms with Crippen molar-refractivity contribution in [3.05, 3.63) is 30.3 Å². The van der Waals surface area contributed by atoms with Gasteiger partial charge in [0.2, 0.25) is 0 Å². The maximum absolute atomic E-state index is 2.33. The van der Waals surface area contributed by atoms with Crippen LogP contribution in [0.25, 0.3) is 0 Å². The molecule has 0 atom stereocenters. The highest BCUT2D eigenvalue weighted by atomic mass is 15.3. The molecular formula is C16H28N+. The van der Waals surface area contributed by atoms with Crippen LogP contribution in [0.3, 0.4) is 0 Å². The molecule has 17 heavy (non-hydrogen) atoms. The van der Waals surface area contributed by atoms with E-state index in [2.05, 4.69) is 51.1 Å². The Labute approximate surface area is 107 Å². The van der Waals surface area contributed by atoms with Crippen molar-refractivity contribution in [2.75, 3.05) is 19.6 Å². The van der Waals surface area contributed by atoms with E-state index >= 15 is 0 Å². The lowest BCUT2D eigenvalue weighted by Gasteiger charge is -2.37. The van der Waals surface area contributed by atoms with Gasteiger partial charge in [0.25, 0.3) is 0 Å². The van der Waals surface area contributed by atoms with Crippen molar-refractivity contribution in [1.82, 2.24) is 4.48 Å². The molecule has 1 aromatic carbocycles. The SMILES string of the molecule is CCCC[N+](CC)(CCCC)c1ccccc1. The number of nitrogens with zero attached hydrogens (tertiary/aromatic N) is 1. The fourth-order valence-electron chi connectivity index (χ4n) is 2.53. The molecule has 0 aliphatic carbocycles. The van der Waals surface area contributed by atoms with E-state index in [4.69, 9.17) is 0 Å². The quantitative estimate of drug-likeness (QED) is 0.576. The standard InChI is InChI=1S/C16H28N/c1-4-7-14-17(6-3,15-8-5-2)16-12-10-9-11-13-16/h9-13H,4-8,14-15H2,1-3H3/q+1. The van der Waals surface area contributed by atoms with E-state index in [1.807, 2.05) is 0 Å². The highest BCUT2D eigenvalue weighted by Gasteiger charge is 2.26. The molecular weight excluding hydrogens is 206 g/mol. The fraction of sp³-hybridized carbons (Fsp3) is 0.625. The lowest BCUT2D eigenvalue weighted by Crippen LogP contribution is -2.50. The van der Waals surface area contributed by atoms with Gasteiger partial charge in [0.05, 0.1) is 19.6 Å². The Hall–Kier alpha value is -0.820. The van der Waals surface area contributed by atoms with Crippen molar-refractivity contribution in [2.45, 2.75) is 46.5 Å². The molecule has 0 aromatic heterocycles. The van der Waals surface area contributed by atoms with Crippen LogP contribution in [0.15, 0.2) is 30.3 Å². The summed E-state index contributed by atoms with van der Waals surface area (Å²) in [5.41, 5.74) is 1.50. The van der Waals surface area contributed by atoms with Gasteiger partial charge in [0.1, 0.15) is 5.69 Å². The molecule has 0 saturated carbocycles. The second-order valence-electron chi connectivity index (χ2n) is 4.95. The Kier molecular flexibility index (Phi) is 6.28. The number of quaternary nitrogens is 1. The third-order valence-electron chi connectivity index (χ3n) is 3.79. The predicted molar refractivity (Wildman–Crippen MR) is 78.3 cm³/mol. The van der Waals surface area contributed by atoms with E-state index in [0.29, 0.717) is 0 Å². The summed E-state index contributed by atoms with van der Waals surface area (Å²) in [7, 11) is 0. The van der Waals surface area contributed by atoms with Gasteiger partial charge < -0.3 is 0 Å². The van der Waals surface area contributed by atoms with E-state index < -0.39 is 0 Å². The average molecular weight is 234 g/mol. The molecule has 0 bridgehead atoms. The minimum atomic E-state index is 1.17. The Morgan fingerprint density at radius 2 is 1.35 bits per heavy atom. The normalized spacial score (nSPS) is 11.7. The molecule has 0 saturated heterocycles. The van der Waals surface area contributed by atoms with Gasteiger partial charge >= 0.3 is 0 Å². The summed E-state index contributed by atoms with van der Waals surface area (Å²) in [6.07, 6.45) is 5.23. The number of rotatable bonds is 8. The first kappa shape index (κ1) is 14.2. The second-order valence-corrected chi connectivity index (χ2v) is 4.95. The smallest absolute Gasteiger partial charge is 0.132 e. The summed E-state index contributed by atoms with van der Waals surface area (Å²) in [5.74, 6) is 0. The molecule has 0 amide bonds. The van der Waals surface area contributed by atoms with Gasteiger partial charge in [-0.2, -0.15) is 0 Å². The van der Waals surface area contributed by atoms with Crippen LogP contribution in [0.4, 0.5) is 5.69 Å². The molecule has 0 spiro atoms. The minimum Gasteiger partial charge on any atom is -0.291 e. The van der Waals surface area contributed by atoms with Crippen molar-refractivity contribution in [3.63, 3.8) is 0 Å². The molecule has 96 valence electrons. The van der Waals surface area contributed by atoms with Gasteiger partial charge in [-0.05, 0) is 31.9 Å². The van der Waals surface area contributed by atoms with Crippen LogP contribution in [0.2, 0.25) is 0 Å². The summed E-state index contributed by atoms with van der Waals surface area (Å²) in [4.78, 5) is 0. The van der Waals surface area contributed by atoms with E-state index in [-0.39, 0.29) is 0 Å². The Bertz CT molecular complexity index is 284. The highest BCUT2D eigenvalue weighted by molar-refractivity contribution is 5.42. The first-order chi connectivity index (χ1) is 8.29. The van der Waals surface area contributed by atoms with Crippen LogP contribution < -0.4 is 4.48 Å². The summed E-state index contributed by atoms with van der Waals surface area (Å²) >= 11 is 0. The van der Waals surface area contributed by atoms with Crippen LogP contribution >= 0.6 is 0 Å². The van der Waals surface area contributed by atoms with Crippen molar-refractivity contribution in [3.8, 4) is 0 Å². The van der Waals surface area contributed by atoms with Gasteiger partial charge in [0, 0.05) is 0 Å². The van der Waals surface area contributed by atoms with Crippen LogP contribution in [-0.2, 0) is 0 Å². The van der Waals surface area contributed by atoms with E-state index in [0.717, 1.165) is 0 Å². The lowest BCUT2D eigenvalue weighted by molar-refractivity contribution is 0.276. The fourth-order valence-corrected chi connectivity index (χ4v) is 2.53. The monoisotopic (exact) mass is 234 g/mol. The molecule has 1 aromatic rings. The first-order valence-corrected chi connectivity index (χ1v) is 7.20. The van der Waals surface area contributed by atoms with Gasteiger partial charge in [-0.15, -0.1) is 0 Å². The van der Waals surface area contributed by atoms with Gasteiger partial charge in [0.15, 0.2) is 0 Å². The molecule has 0 aliphatic rings. The number of para-hydroxylation sites is 1. The topological polar surface area (TPSA) is 0 Å². The molecule has 1 nitrogen and oxygen atoms in total. The van der Waals surface area contributed by atoms with Crippen LogP contribution in [0.5, 0.6) is 0 Å². The maximum atomic E-state index is 2.33. The van der Waals surface area contributed by atoms with E-state index in [1.54, 1.807) is 0 Å². The van der Waals surface area contributed by atoms with Gasteiger partial charge in [-0.3, -0.25) is 4.48 Å². The van der Waals surface area contributed by atoms with Crippen molar-refractivity contribution >= 4 is 5.69 Å². The summed E-state index contributed by atoms with van der Waals surface area (Å²) in [6.45, 7) is 10.7. The molecule has 1 rings (SSSR count). The summed E-state index contributed by atoms with van der Waals surface area (Å²) < 4.78 is 1.17. The van der Waals surface area contributed by atoms with Gasteiger partial charge in [-0.25, -0.2) is 0 Å². The molecule has 0 fully saturated rings. The van der Waals surface area contributed by atoms with E-state index in [1.165, 1.54) is 55.5 Å². The Morgan fingerprint density at radius 1 is 0.824 bits per heavy atom. The molecule has 0 aliphatic heterocycles. The van der Waals surface area contributed by atoms with E-state index in [9.17, 15) is 0 Å². The van der Waals surface area contributed by atoms with Crippen molar-refractivity contribution < 1.29 is 0 Å². The molecule has 0 radical (unpaired) electrons. The third-order valence-corrected chi connectivity index (χ3v) is 3.79. The number of hydrogen-bond acceptors (Lipinski definition) is 0. The zero-order chi connectivity index (χ0) is 12.6. The highest BCUT2D eigenvalue weighted by Crippen LogP contribution is 2.24. The van der Waals surface area contributed by atoms with Crippen molar-refractivity contribution in [1.29, 1.82) is 0 Å². The largest absolute Gasteiger partial charge is 0.291 e. The zero-order valence-electron chi connectivity index (χ0n) is 11.8. The molecule has 0 heterocycles. The Balaban J connectivity index is 2.89. The maximum Gasteiger partial charge on any atom is 0.132 e.